The maximum absolute atomic E-state index is 6.17. The van der Waals surface area contributed by atoms with E-state index < -0.39 is 0 Å². The van der Waals surface area contributed by atoms with E-state index in [0.29, 0.717) is 11.3 Å². The lowest BCUT2D eigenvalue weighted by Crippen LogP contribution is -2.23. The van der Waals surface area contributed by atoms with Gasteiger partial charge >= 0.3 is 0 Å². The van der Waals surface area contributed by atoms with E-state index >= 15 is 0 Å². The van der Waals surface area contributed by atoms with Crippen LogP contribution in [0, 0.1) is 9.49 Å². The van der Waals surface area contributed by atoms with Gasteiger partial charge in [-0.1, -0.05) is 6.42 Å². The maximum atomic E-state index is 6.17. The minimum Gasteiger partial charge on any atom is -0.369 e. The molecule has 2 rings (SSSR count). The molecule has 0 radical (unpaired) electrons. The molecule has 0 aliphatic heterocycles. The molecule has 1 fully saturated rings. The van der Waals surface area contributed by atoms with E-state index in [1.165, 1.54) is 19.3 Å². The fourth-order valence-electron chi connectivity index (χ4n) is 2.09. The summed E-state index contributed by atoms with van der Waals surface area (Å²) in [4.78, 5) is 8.19. The van der Waals surface area contributed by atoms with Crippen molar-refractivity contribution in [1.29, 1.82) is 0 Å². The normalized spacial score (nSPS) is 25.4. The Hall–Kier alpha value is -0.100. The molecule has 0 aromatic carbocycles. The Morgan fingerprint density at radius 3 is 3.12 bits per heavy atom. The van der Waals surface area contributed by atoms with Crippen molar-refractivity contribution in [1.82, 2.24) is 9.97 Å². The van der Waals surface area contributed by atoms with Gasteiger partial charge in [-0.05, 0) is 47.8 Å². The van der Waals surface area contributed by atoms with E-state index in [4.69, 9.17) is 11.6 Å². The van der Waals surface area contributed by atoms with Crippen LogP contribution in [0.25, 0.3) is 0 Å². The van der Waals surface area contributed by atoms with Crippen molar-refractivity contribution in [2.45, 2.75) is 31.1 Å². The number of halogens is 2. The highest BCUT2D eigenvalue weighted by molar-refractivity contribution is 14.1. The summed E-state index contributed by atoms with van der Waals surface area (Å²) in [5.41, 5.74) is 0. The molecular formula is C11H15ClIN3. The number of anilines is 1. The van der Waals surface area contributed by atoms with Gasteiger partial charge in [0.25, 0.3) is 0 Å². The third-order valence-corrected chi connectivity index (χ3v) is 4.13. The average Bonchev–Trinajstić information content (AvgIpc) is 2.28. The first-order valence-electron chi connectivity index (χ1n) is 5.59. The number of nitrogens with one attached hydrogen (secondary N) is 1. The van der Waals surface area contributed by atoms with Gasteiger partial charge in [-0.15, -0.1) is 11.6 Å². The lowest BCUT2D eigenvalue weighted by molar-refractivity contribution is 0.378. The zero-order chi connectivity index (χ0) is 11.4. The van der Waals surface area contributed by atoms with Crippen molar-refractivity contribution < 1.29 is 0 Å². The topological polar surface area (TPSA) is 37.8 Å². The minimum absolute atomic E-state index is 0.366. The van der Waals surface area contributed by atoms with Crippen molar-refractivity contribution in [2.75, 3.05) is 11.9 Å². The molecule has 2 atom stereocenters. The molecule has 1 saturated carbocycles. The van der Waals surface area contributed by atoms with Crippen LogP contribution >= 0.6 is 34.2 Å². The van der Waals surface area contributed by atoms with Crippen LogP contribution in [-0.4, -0.2) is 21.9 Å². The second-order valence-corrected chi connectivity index (χ2v) is 6.01. The third kappa shape index (κ3) is 3.45. The molecule has 1 heterocycles. The first kappa shape index (κ1) is 12.4. The van der Waals surface area contributed by atoms with Gasteiger partial charge in [0.15, 0.2) is 0 Å². The molecule has 0 spiro atoms. The highest BCUT2D eigenvalue weighted by Gasteiger charge is 2.20. The van der Waals surface area contributed by atoms with E-state index in [1.54, 1.807) is 6.33 Å². The van der Waals surface area contributed by atoms with Gasteiger partial charge in [0.1, 0.15) is 12.1 Å². The molecule has 1 aromatic rings. The molecule has 1 aliphatic carbocycles. The summed E-state index contributed by atoms with van der Waals surface area (Å²) in [7, 11) is 0. The Morgan fingerprint density at radius 1 is 1.50 bits per heavy atom. The van der Waals surface area contributed by atoms with Crippen LogP contribution in [0.15, 0.2) is 12.5 Å². The van der Waals surface area contributed by atoms with Crippen molar-refractivity contribution in [3.05, 3.63) is 16.1 Å². The average molecular weight is 352 g/mol. The van der Waals surface area contributed by atoms with Gasteiger partial charge in [0.2, 0.25) is 0 Å². The largest absolute Gasteiger partial charge is 0.369 e. The Morgan fingerprint density at radius 2 is 2.38 bits per heavy atom. The van der Waals surface area contributed by atoms with Gasteiger partial charge in [-0.2, -0.15) is 0 Å². The Balaban J connectivity index is 1.85. The maximum Gasteiger partial charge on any atom is 0.142 e. The first-order valence-corrected chi connectivity index (χ1v) is 7.10. The van der Waals surface area contributed by atoms with Crippen LogP contribution < -0.4 is 5.32 Å². The van der Waals surface area contributed by atoms with Gasteiger partial charge in [-0.3, -0.25) is 0 Å². The summed E-state index contributed by atoms with van der Waals surface area (Å²) in [6.07, 6.45) is 8.22. The van der Waals surface area contributed by atoms with Gasteiger partial charge in [0.05, 0.1) is 3.57 Å². The highest BCUT2D eigenvalue weighted by Crippen LogP contribution is 2.28. The lowest BCUT2D eigenvalue weighted by Gasteiger charge is -2.25. The molecule has 1 aromatic heterocycles. The number of nitrogens with zero attached hydrogens (tertiary/aromatic N) is 2. The fourth-order valence-corrected chi connectivity index (χ4v) is 2.99. The van der Waals surface area contributed by atoms with Crippen LogP contribution in [0.1, 0.15) is 25.7 Å². The van der Waals surface area contributed by atoms with E-state index in [2.05, 4.69) is 37.9 Å². The molecule has 88 valence electrons. The minimum atomic E-state index is 0.366. The summed E-state index contributed by atoms with van der Waals surface area (Å²) in [6, 6.07) is 0. The van der Waals surface area contributed by atoms with Crippen molar-refractivity contribution in [2.24, 2.45) is 5.92 Å². The van der Waals surface area contributed by atoms with Crippen LogP contribution in [0.2, 0.25) is 0 Å². The van der Waals surface area contributed by atoms with Gasteiger partial charge in [0, 0.05) is 18.1 Å². The van der Waals surface area contributed by atoms with Crippen molar-refractivity contribution >= 4 is 40.0 Å². The number of alkyl halides is 1. The molecule has 3 nitrogen and oxygen atoms in total. The number of hydrogen-bond donors (Lipinski definition) is 1. The second-order valence-electron chi connectivity index (χ2n) is 4.23. The first-order chi connectivity index (χ1) is 7.75. The fraction of sp³-hybridized carbons (Fsp3) is 0.636. The van der Waals surface area contributed by atoms with Crippen LogP contribution in [-0.2, 0) is 0 Å². The third-order valence-electron chi connectivity index (χ3n) is 2.94. The highest BCUT2D eigenvalue weighted by atomic mass is 127. The number of aromatic nitrogens is 2. The molecule has 1 N–H and O–H groups in total. The lowest BCUT2D eigenvalue weighted by atomic mass is 9.89. The van der Waals surface area contributed by atoms with Crippen LogP contribution in [0.3, 0.4) is 0 Å². The predicted molar refractivity (Wildman–Crippen MR) is 74.8 cm³/mol. The smallest absolute Gasteiger partial charge is 0.142 e. The standard InChI is InChI=1S/C11H15ClIN3/c12-9-3-1-2-8(4-9)5-15-11-10(13)6-14-7-16-11/h6-9H,1-5H2,(H,14,15,16). The van der Waals surface area contributed by atoms with E-state index in [9.17, 15) is 0 Å². The zero-order valence-corrected chi connectivity index (χ0v) is 11.9. The van der Waals surface area contributed by atoms with E-state index in [1.807, 2.05) is 6.20 Å². The molecule has 0 amide bonds. The van der Waals surface area contributed by atoms with Crippen molar-refractivity contribution in [3.8, 4) is 0 Å². The molecule has 2 unspecified atom stereocenters. The monoisotopic (exact) mass is 351 g/mol. The summed E-state index contributed by atoms with van der Waals surface area (Å²) in [6.45, 7) is 0.968. The van der Waals surface area contributed by atoms with Crippen LogP contribution in [0.4, 0.5) is 5.82 Å². The van der Waals surface area contributed by atoms with Gasteiger partial charge in [-0.25, -0.2) is 9.97 Å². The van der Waals surface area contributed by atoms with Crippen LogP contribution in [0.5, 0.6) is 0 Å². The SMILES string of the molecule is ClC1CCCC(CNc2ncncc2I)C1. The van der Waals surface area contributed by atoms with Gasteiger partial charge < -0.3 is 5.32 Å². The Kier molecular flexibility index (Phi) is 4.64. The summed E-state index contributed by atoms with van der Waals surface area (Å²) >= 11 is 8.41. The van der Waals surface area contributed by atoms with E-state index in [-0.39, 0.29) is 0 Å². The molecule has 0 bridgehead atoms. The molecule has 16 heavy (non-hydrogen) atoms. The zero-order valence-electron chi connectivity index (χ0n) is 9.00. The Labute approximate surface area is 115 Å². The predicted octanol–water partition coefficient (Wildman–Crippen LogP) is 3.29. The number of rotatable bonds is 3. The summed E-state index contributed by atoms with van der Waals surface area (Å²) in [5.74, 6) is 1.62. The molecule has 0 saturated heterocycles. The molecule has 1 aliphatic rings. The van der Waals surface area contributed by atoms with E-state index in [0.717, 1.165) is 22.4 Å². The molecular weight excluding hydrogens is 336 g/mol. The molecule has 5 heteroatoms. The quantitative estimate of drug-likeness (QED) is 0.671. The second kappa shape index (κ2) is 6.00. The number of hydrogen-bond acceptors (Lipinski definition) is 3. The van der Waals surface area contributed by atoms with Crippen molar-refractivity contribution in [3.63, 3.8) is 0 Å². The summed E-state index contributed by atoms with van der Waals surface area (Å²) < 4.78 is 1.07. The Bertz CT molecular complexity index is 348. The summed E-state index contributed by atoms with van der Waals surface area (Å²) in [5, 5.41) is 3.75.